The Bertz CT molecular complexity index is 52.0. The molecule has 1 aliphatic carbocycles. The van der Waals surface area contributed by atoms with Gasteiger partial charge in [-0.2, -0.15) is 0 Å². The van der Waals surface area contributed by atoms with Gasteiger partial charge in [-0.15, -0.1) is 0 Å². The summed E-state index contributed by atoms with van der Waals surface area (Å²) in [4.78, 5) is 0. The topological polar surface area (TPSA) is 9.23 Å². The van der Waals surface area contributed by atoms with Gasteiger partial charge in [0, 0.05) is 0 Å². The van der Waals surface area contributed by atoms with E-state index in [4.69, 9.17) is 4.74 Å². The van der Waals surface area contributed by atoms with Crippen molar-refractivity contribution in [3.63, 3.8) is 0 Å². The Morgan fingerprint density at radius 3 is 2.71 bits per heavy atom. The quantitative estimate of drug-likeness (QED) is 0.600. The van der Waals surface area contributed by atoms with Gasteiger partial charge in [-0.05, 0) is 0 Å². The van der Waals surface area contributed by atoms with Crippen molar-refractivity contribution < 1.29 is 4.74 Å². The summed E-state index contributed by atoms with van der Waals surface area (Å²) >= 11 is 1.25. The van der Waals surface area contributed by atoms with Crippen LogP contribution >= 0.6 is 0 Å². The molecule has 0 heterocycles. The van der Waals surface area contributed by atoms with E-state index in [2.05, 4.69) is 0 Å². The summed E-state index contributed by atoms with van der Waals surface area (Å²) in [6.07, 6.45) is 2.83. The van der Waals surface area contributed by atoms with Crippen LogP contribution in [0.5, 0.6) is 0 Å². The fourth-order valence-corrected chi connectivity index (χ4v) is 0.908. The molecule has 1 aliphatic rings. The third-order valence-electron chi connectivity index (χ3n) is 1.17. The summed E-state index contributed by atoms with van der Waals surface area (Å²) in [5.41, 5.74) is 0. The van der Waals surface area contributed by atoms with Crippen molar-refractivity contribution in [2.24, 2.45) is 5.92 Å². The van der Waals surface area contributed by atoms with Gasteiger partial charge in [-0.3, -0.25) is 0 Å². The molecule has 1 nitrogen and oxygen atoms in total. The number of rotatable bonds is 3. The molecule has 0 atom stereocenters. The van der Waals surface area contributed by atoms with Gasteiger partial charge in [0.1, 0.15) is 0 Å². The standard InChI is InChI=1S/C5H9O.Sn.H/c1-6-4-5-2-3-5;;/h5H,1-4H2;;. The second-order valence-electron chi connectivity index (χ2n) is 1.98. The zero-order valence-electron chi connectivity index (χ0n) is 4.39. The summed E-state index contributed by atoms with van der Waals surface area (Å²) in [6, 6.07) is 0. The second kappa shape index (κ2) is 2.92. The van der Waals surface area contributed by atoms with Crippen molar-refractivity contribution in [2.75, 3.05) is 11.2 Å². The van der Waals surface area contributed by atoms with Crippen LogP contribution in [0, 0.1) is 5.92 Å². The Balaban J connectivity index is 1.80. The van der Waals surface area contributed by atoms with Crippen LogP contribution in [-0.2, 0) is 4.74 Å². The van der Waals surface area contributed by atoms with Crippen LogP contribution in [0.1, 0.15) is 12.8 Å². The van der Waals surface area contributed by atoms with Crippen LogP contribution in [0.25, 0.3) is 0 Å². The average molecular weight is 205 g/mol. The first-order valence-electron chi connectivity index (χ1n) is 2.71. The van der Waals surface area contributed by atoms with Gasteiger partial charge in [0.2, 0.25) is 0 Å². The SMILES string of the molecule is [SnH][CH2]OCC1CC1. The summed E-state index contributed by atoms with van der Waals surface area (Å²) in [5.74, 6) is 0.951. The fourth-order valence-electron chi connectivity index (χ4n) is 0.519. The molecule has 0 amide bonds. The molecule has 40 valence electrons. The zero-order chi connectivity index (χ0) is 5.11. The van der Waals surface area contributed by atoms with E-state index < -0.39 is 0 Å². The Labute approximate surface area is 57.5 Å². The Hall–Kier alpha value is 0.759. The Morgan fingerprint density at radius 2 is 2.29 bits per heavy atom. The first-order chi connectivity index (χ1) is 3.43. The van der Waals surface area contributed by atoms with Gasteiger partial charge in [0.05, 0.1) is 0 Å². The van der Waals surface area contributed by atoms with E-state index in [0.29, 0.717) is 0 Å². The first-order valence-corrected chi connectivity index (χ1v) is 5.04. The molecular weight excluding hydrogens is 195 g/mol. The van der Waals surface area contributed by atoms with Crippen LogP contribution < -0.4 is 0 Å². The van der Waals surface area contributed by atoms with Gasteiger partial charge in [0.25, 0.3) is 0 Å². The number of ether oxygens (including phenoxy) is 1. The second-order valence-corrected chi connectivity index (χ2v) is 2.93. The third kappa shape index (κ3) is 2.54. The average Bonchev–Trinajstić information content (AvgIpc) is 2.42. The van der Waals surface area contributed by atoms with Crippen molar-refractivity contribution in [3.8, 4) is 0 Å². The molecule has 1 saturated carbocycles. The number of hydrogen-bond donors (Lipinski definition) is 0. The van der Waals surface area contributed by atoms with E-state index in [1.165, 1.54) is 35.4 Å². The summed E-state index contributed by atoms with van der Waals surface area (Å²) < 4.78 is 6.23. The van der Waals surface area contributed by atoms with Crippen molar-refractivity contribution in [3.05, 3.63) is 0 Å². The molecule has 0 saturated heterocycles. The van der Waals surface area contributed by atoms with Crippen LogP contribution in [-0.4, -0.2) is 33.8 Å². The minimum atomic E-state index is 0.951. The van der Waals surface area contributed by atoms with Crippen LogP contribution in [0.15, 0.2) is 0 Å². The molecular formula is C5H10OSn. The van der Waals surface area contributed by atoms with Crippen LogP contribution in [0.2, 0.25) is 0 Å². The third-order valence-corrected chi connectivity index (χ3v) is 1.84. The van der Waals surface area contributed by atoms with E-state index in [1.54, 1.807) is 0 Å². The molecule has 2 heteroatoms. The molecule has 1 fully saturated rings. The normalized spacial score (nSPS) is 20.1. The van der Waals surface area contributed by atoms with Gasteiger partial charge < -0.3 is 0 Å². The predicted molar refractivity (Wildman–Crippen MR) is 30.7 cm³/mol. The van der Waals surface area contributed by atoms with Crippen LogP contribution in [0.3, 0.4) is 0 Å². The molecule has 1 rings (SSSR count). The monoisotopic (exact) mass is 206 g/mol. The maximum absolute atomic E-state index is 5.22. The van der Waals surface area contributed by atoms with E-state index in [1.807, 2.05) is 0 Å². The van der Waals surface area contributed by atoms with Gasteiger partial charge in [-0.1, -0.05) is 0 Å². The Morgan fingerprint density at radius 1 is 1.57 bits per heavy atom. The van der Waals surface area contributed by atoms with E-state index >= 15 is 0 Å². The van der Waals surface area contributed by atoms with Crippen molar-refractivity contribution in [1.29, 1.82) is 0 Å². The van der Waals surface area contributed by atoms with E-state index in [-0.39, 0.29) is 0 Å². The molecule has 7 heavy (non-hydrogen) atoms. The molecule has 0 aliphatic heterocycles. The molecule has 0 aromatic carbocycles. The van der Waals surface area contributed by atoms with Crippen LogP contribution in [0.4, 0.5) is 0 Å². The molecule has 0 aromatic heterocycles. The minimum absolute atomic E-state index is 0.951. The maximum atomic E-state index is 5.22. The molecule has 2 radical (unpaired) electrons. The van der Waals surface area contributed by atoms with Crippen molar-refractivity contribution in [1.82, 2.24) is 0 Å². The Kier molecular flexibility index (Phi) is 2.46. The molecule has 0 bridgehead atoms. The van der Waals surface area contributed by atoms with E-state index in [9.17, 15) is 0 Å². The van der Waals surface area contributed by atoms with Gasteiger partial charge in [-0.25, -0.2) is 0 Å². The first kappa shape index (κ1) is 5.89. The van der Waals surface area contributed by atoms with Gasteiger partial charge in [0.15, 0.2) is 0 Å². The molecule has 0 N–H and O–H groups in total. The van der Waals surface area contributed by atoms with Crippen molar-refractivity contribution in [2.45, 2.75) is 12.8 Å². The molecule has 0 spiro atoms. The van der Waals surface area contributed by atoms with E-state index in [0.717, 1.165) is 17.1 Å². The molecule has 0 aromatic rings. The summed E-state index contributed by atoms with van der Waals surface area (Å²) in [5, 5.41) is 0. The molecule has 0 unspecified atom stereocenters. The zero-order valence-corrected chi connectivity index (χ0v) is 7.69. The van der Waals surface area contributed by atoms with Gasteiger partial charge >= 0.3 is 57.3 Å². The summed E-state index contributed by atoms with van der Waals surface area (Å²) in [7, 11) is 0. The predicted octanol–water partition coefficient (Wildman–Crippen LogP) is 0.271. The van der Waals surface area contributed by atoms with Crippen molar-refractivity contribution >= 4 is 22.5 Å². The fraction of sp³-hybridized carbons (Fsp3) is 1.00. The summed E-state index contributed by atoms with van der Waals surface area (Å²) in [6.45, 7) is 1.04. The number of hydrogen-bond acceptors (Lipinski definition) is 1.